The van der Waals surface area contributed by atoms with Crippen molar-refractivity contribution in [3.8, 4) is 0 Å². The summed E-state index contributed by atoms with van der Waals surface area (Å²) >= 11 is 9.76. The maximum atomic E-state index is 6.14. The van der Waals surface area contributed by atoms with E-state index in [1.54, 1.807) is 0 Å². The Morgan fingerprint density at radius 1 is 1.05 bits per heavy atom. The van der Waals surface area contributed by atoms with Crippen molar-refractivity contribution in [2.45, 2.75) is 32.2 Å². The summed E-state index contributed by atoms with van der Waals surface area (Å²) in [6, 6.07) is 14.8. The third-order valence-electron chi connectivity index (χ3n) is 3.67. The molecule has 112 valence electrons. The third-order valence-corrected chi connectivity index (χ3v) is 4.63. The molecule has 1 nitrogen and oxygen atoms in total. The van der Waals surface area contributed by atoms with Crippen LogP contribution in [0.3, 0.4) is 0 Å². The lowest BCUT2D eigenvalue weighted by atomic mass is 9.86. The molecule has 0 aliphatic rings. The average Bonchev–Trinajstić information content (AvgIpc) is 2.43. The summed E-state index contributed by atoms with van der Waals surface area (Å²) in [7, 11) is 1.97. The highest BCUT2D eigenvalue weighted by molar-refractivity contribution is 9.10. The molecule has 0 bridgehead atoms. The Labute approximate surface area is 140 Å². The predicted molar refractivity (Wildman–Crippen MR) is 95.2 cm³/mol. The molecular weight excluding hydrogens is 346 g/mol. The highest BCUT2D eigenvalue weighted by Gasteiger charge is 2.17. The molecule has 0 spiro atoms. The molecule has 0 saturated heterocycles. The molecule has 0 heterocycles. The van der Waals surface area contributed by atoms with E-state index >= 15 is 0 Å². The van der Waals surface area contributed by atoms with Crippen LogP contribution in [0.1, 0.15) is 43.5 Å². The van der Waals surface area contributed by atoms with Gasteiger partial charge in [-0.3, -0.25) is 0 Å². The molecule has 0 aliphatic carbocycles. The zero-order valence-corrected chi connectivity index (χ0v) is 15.2. The SMILES string of the molecule is CNC(c1ccc(C(C)(C)C)cc1)c1cc(Cl)ccc1Br. The summed E-state index contributed by atoms with van der Waals surface area (Å²) in [6.07, 6.45) is 0. The van der Waals surface area contributed by atoms with Gasteiger partial charge in [-0.1, -0.05) is 72.6 Å². The first kappa shape index (κ1) is 16.5. The number of hydrogen-bond donors (Lipinski definition) is 1. The van der Waals surface area contributed by atoms with Gasteiger partial charge in [0, 0.05) is 9.50 Å². The molecule has 1 N–H and O–H groups in total. The first-order valence-corrected chi connectivity index (χ1v) is 8.22. The van der Waals surface area contributed by atoms with Crippen molar-refractivity contribution >= 4 is 27.5 Å². The fourth-order valence-electron chi connectivity index (χ4n) is 2.41. The second kappa shape index (κ2) is 6.51. The molecule has 0 amide bonds. The van der Waals surface area contributed by atoms with Gasteiger partial charge < -0.3 is 5.32 Å². The fraction of sp³-hybridized carbons (Fsp3) is 0.333. The van der Waals surface area contributed by atoms with E-state index < -0.39 is 0 Å². The normalized spacial score (nSPS) is 13.2. The summed E-state index contributed by atoms with van der Waals surface area (Å²) in [5, 5.41) is 4.12. The first-order valence-electron chi connectivity index (χ1n) is 7.05. The van der Waals surface area contributed by atoms with E-state index in [9.17, 15) is 0 Å². The van der Waals surface area contributed by atoms with Crippen LogP contribution in [-0.4, -0.2) is 7.05 Å². The molecule has 21 heavy (non-hydrogen) atoms. The van der Waals surface area contributed by atoms with E-state index in [0.29, 0.717) is 0 Å². The van der Waals surface area contributed by atoms with Gasteiger partial charge in [-0.05, 0) is 47.4 Å². The number of benzene rings is 2. The van der Waals surface area contributed by atoms with Gasteiger partial charge in [0.15, 0.2) is 0 Å². The largest absolute Gasteiger partial charge is 0.309 e. The maximum absolute atomic E-state index is 6.14. The van der Waals surface area contributed by atoms with Crippen LogP contribution in [0.15, 0.2) is 46.9 Å². The van der Waals surface area contributed by atoms with Crippen molar-refractivity contribution in [1.29, 1.82) is 0 Å². The lowest BCUT2D eigenvalue weighted by Gasteiger charge is -2.22. The third kappa shape index (κ3) is 3.88. The smallest absolute Gasteiger partial charge is 0.0585 e. The maximum Gasteiger partial charge on any atom is 0.0585 e. The van der Waals surface area contributed by atoms with Crippen molar-refractivity contribution < 1.29 is 0 Å². The van der Waals surface area contributed by atoms with E-state index in [0.717, 1.165) is 15.1 Å². The van der Waals surface area contributed by atoms with Crippen molar-refractivity contribution in [3.63, 3.8) is 0 Å². The van der Waals surface area contributed by atoms with E-state index in [4.69, 9.17) is 11.6 Å². The Morgan fingerprint density at radius 2 is 1.67 bits per heavy atom. The molecule has 0 aromatic heterocycles. The van der Waals surface area contributed by atoms with Crippen molar-refractivity contribution in [1.82, 2.24) is 5.32 Å². The van der Waals surface area contributed by atoms with Crippen LogP contribution in [-0.2, 0) is 5.41 Å². The summed E-state index contributed by atoms with van der Waals surface area (Å²) in [4.78, 5) is 0. The highest BCUT2D eigenvalue weighted by atomic mass is 79.9. The molecule has 1 unspecified atom stereocenters. The van der Waals surface area contributed by atoms with Crippen molar-refractivity contribution in [2.75, 3.05) is 7.05 Å². The van der Waals surface area contributed by atoms with Crippen LogP contribution >= 0.6 is 27.5 Å². The number of halogens is 2. The Balaban J connectivity index is 2.40. The molecule has 3 heteroatoms. The predicted octanol–water partition coefficient (Wildman–Crippen LogP) is 5.71. The first-order chi connectivity index (χ1) is 9.82. The zero-order chi connectivity index (χ0) is 15.6. The van der Waals surface area contributed by atoms with Crippen LogP contribution in [0.25, 0.3) is 0 Å². The summed E-state index contributed by atoms with van der Waals surface area (Å²) < 4.78 is 1.06. The Hall–Kier alpha value is -0.830. The van der Waals surface area contributed by atoms with Crippen molar-refractivity contribution in [2.24, 2.45) is 0 Å². The van der Waals surface area contributed by atoms with Gasteiger partial charge in [-0.2, -0.15) is 0 Å². The molecule has 0 aliphatic heterocycles. The quantitative estimate of drug-likeness (QED) is 0.733. The van der Waals surface area contributed by atoms with E-state index in [-0.39, 0.29) is 11.5 Å². The molecule has 2 aromatic rings. The lowest BCUT2D eigenvalue weighted by Crippen LogP contribution is -2.19. The second-order valence-corrected chi connectivity index (χ2v) is 7.55. The number of hydrogen-bond acceptors (Lipinski definition) is 1. The van der Waals surface area contributed by atoms with Crippen molar-refractivity contribution in [3.05, 3.63) is 68.7 Å². The number of rotatable bonds is 3. The molecule has 0 radical (unpaired) electrons. The van der Waals surface area contributed by atoms with Gasteiger partial charge in [0.05, 0.1) is 6.04 Å². The van der Waals surface area contributed by atoms with Gasteiger partial charge in [0.1, 0.15) is 0 Å². The van der Waals surface area contributed by atoms with Gasteiger partial charge in [-0.15, -0.1) is 0 Å². The van der Waals surface area contributed by atoms with Gasteiger partial charge in [0.25, 0.3) is 0 Å². The highest BCUT2D eigenvalue weighted by Crippen LogP contribution is 2.32. The van der Waals surface area contributed by atoms with Gasteiger partial charge in [0.2, 0.25) is 0 Å². The van der Waals surface area contributed by atoms with Gasteiger partial charge >= 0.3 is 0 Å². The Bertz CT molecular complexity index is 614. The molecule has 1 atom stereocenters. The monoisotopic (exact) mass is 365 g/mol. The van der Waals surface area contributed by atoms with Gasteiger partial charge in [-0.25, -0.2) is 0 Å². The van der Waals surface area contributed by atoms with Crippen LogP contribution in [0, 0.1) is 0 Å². The summed E-state index contributed by atoms with van der Waals surface area (Å²) in [6.45, 7) is 6.68. The van der Waals surface area contributed by atoms with Crippen LogP contribution in [0.4, 0.5) is 0 Å². The molecule has 2 rings (SSSR count). The Morgan fingerprint density at radius 3 is 2.19 bits per heavy atom. The molecule has 0 fully saturated rings. The zero-order valence-electron chi connectivity index (χ0n) is 12.9. The Kier molecular flexibility index (Phi) is 5.13. The average molecular weight is 367 g/mol. The summed E-state index contributed by atoms with van der Waals surface area (Å²) in [5.74, 6) is 0. The van der Waals surface area contributed by atoms with E-state index in [1.165, 1.54) is 11.1 Å². The lowest BCUT2D eigenvalue weighted by molar-refractivity contribution is 0.589. The molecular formula is C18H21BrClN. The van der Waals surface area contributed by atoms with Crippen LogP contribution < -0.4 is 5.32 Å². The number of nitrogens with one attached hydrogen (secondary N) is 1. The fourth-order valence-corrected chi connectivity index (χ4v) is 3.07. The van der Waals surface area contributed by atoms with E-state index in [2.05, 4.69) is 66.3 Å². The topological polar surface area (TPSA) is 12.0 Å². The minimum atomic E-state index is 0.118. The molecule has 2 aromatic carbocycles. The minimum absolute atomic E-state index is 0.118. The molecule has 0 saturated carbocycles. The van der Waals surface area contributed by atoms with Crippen LogP contribution in [0.2, 0.25) is 5.02 Å². The second-order valence-electron chi connectivity index (χ2n) is 6.26. The standard InChI is InChI=1S/C18H21BrClN/c1-18(2,3)13-7-5-12(6-8-13)17(21-4)15-11-14(20)9-10-16(15)19/h5-11,17,21H,1-4H3. The summed E-state index contributed by atoms with van der Waals surface area (Å²) in [5.41, 5.74) is 3.89. The van der Waals surface area contributed by atoms with E-state index in [1.807, 2.05) is 25.2 Å². The minimum Gasteiger partial charge on any atom is -0.309 e. The van der Waals surface area contributed by atoms with Crippen LogP contribution in [0.5, 0.6) is 0 Å².